The fraction of sp³-hybridized carbons (Fsp3) is 0.296. The number of pyridine rings is 1. The van der Waals surface area contributed by atoms with Gasteiger partial charge >= 0.3 is 6.18 Å². The Labute approximate surface area is 226 Å². The first-order valence-corrected chi connectivity index (χ1v) is 12.2. The van der Waals surface area contributed by atoms with Gasteiger partial charge in [0.15, 0.2) is 29.5 Å². The number of rotatable bonds is 10. The number of aromatic nitrogens is 3. The molecule has 10 nitrogen and oxygen atoms in total. The molecule has 0 spiro atoms. The summed E-state index contributed by atoms with van der Waals surface area (Å²) >= 11 is 0. The molecule has 4 aromatic rings. The fourth-order valence-corrected chi connectivity index (χ4v) is 4.03. The number of hydrogen-bond acceptors (Lipinski definition) is 8. The van der Waals surface area contributed by atoms with E-state index in [0.29, 0.717) is 59.3 Å². The minimum absolute atomic E-state index is 0.166. The van der Waals surface area contributed by atoms with Gasteiger partial charge < -0.3 is 29.0 Å². The Balaban J connectivity index is 1.31. The number of nitrogens with zero attached hydrogens (tertiary/aromatic N) is 3. The number of carbonyl (C=O) groups excluding carboxylic acids is 1. The Kier molecular flexibility index (Phi) is 7.65. The summed E-state index contributed by atoms with van der Waals surface area (Å²) in [7, 11) is 3.07. The number of nitrogens with one attached hydrogen (secondary N) is 1. The number of ether oxygens (including phenoxy) is 5. The fourth-order valence-electron chi connectivity index (χ4n) is 4.03. The number of halogens is 3. The van der Waals surface area contributed by atoms with Crippen molar-refractivity contribution < 1.29 is 41.7 Å². The van der Waals surface area contributed by atoms with Crippen LogP contribution in [0.1, 0.15) is 10.5 Å². The average molecular weight is 559 g/mol. The Morgan fingerprint density at radius 3 is 2.42 bits per heavy atom. The first-order valence-electron chi connectivity index (χ1n) is 12.2. The van der Waals surface area contributed by atoms with E-state index in [2.05, 4.69) is 15.4 Å². The molecule has 0 saturated carbocycles. The molecule has 5 rings (SSSR count). The summed E-state index contributed by atoms with van der Waals surface area (Å²) in [5.41, 5.74) is 0.774. The van der Waals surface area contributed by atoms with E-state index in [1.807, 2.05) is 0 Å². The molecule has 40 heavy (non-hydrogen) atoms. The maximum absolute atomic E-state index is 12.9. The highest BCUT2D eigenvalue weighted by Crippen LogP contribution is 2.37. The predicted molar refractivity (Wildman–Crippen MR) is 137 cm³/mol. The lowest BCUT2D eigenvalue weighted by Crippen LogP contribution is -2.31. The van der Waals surface area contributed by atoms with Crippen LogP contribution < -0.4 is 24.3 Å². The zero-order chi connectivity index (χ0) is 28.3. The van der Waals surface area contributed by atoms with Crippen LogP contribution >= 0.6 is 0 Å². The summed E-state index contributed by atoms with van der Waals surface area (Å²) < 4.78 is 66.4. The normalized spacial score (nSPS) is 13.5. The summed E-state index contributed by atoms with van der Waals surface area (Å²) in [6, 6.07) is 11.7. The van der Waals surface area contributed by atoms with Gasteiger partial charge in [-0.2, -0.15) is 18.3 Å². The highest BCUT2D eigenvalue weighted by molar-refractivity contribution is 6.04. The van der Waals surface area contributed by atoms with Crippen molar-refractivity contribution in [3.05, 3.63) is 60.6 Å². The molecule has 0 radical (unpaired) electrons. The van der Waals surface area contributed by atoms with Crippen molar-refractivity contribution in [2.75, 3.05) is 39.4 Å². The predicted octanol–water partition coefficient (Wildman–Crippen LogP) is 5.08. The van der Waals surface area contributed by atoms with Crippen LogP contribution in [0.3, 0.4) is 0 Å². The van der Waals surface area contributed by atoms with Crippen molar-refractivity contribution in [1.29, 1.82) is 0 Å². The SMILES string of the molecule is COc1cc2nccc(Oc3ccc(NC(=O)c4nn(CC5COC5)cc4OCC(F)(F)F)cc3)c2cc1OC. The summed E-state index contributed by atoms with van der Waals surface area (Å²) in [4.78, 5) is 17.3. The topological polar surface area (TPSA) is 106 Å². The van der Waals surface area contributed by atoms with E-state index < -0.39 is 18.7 Å². The quantitative estimate of drug-likeness (QED) is 0.287. The Morgan fingerprint density at radius 1 is 1.05 bits per heavy atom. The highest BCUT2D eigenvalue weighted by Gasteiger charge is 2.31. The van der Waals surface area contributed by atoms with E-state index in [1.54, 1.807) is 48.7 Å². The lowest BCUT2D eigenvalue weighted by atomic mass is 10.1. The molecule has 2 aromatic carbocycles. The van der Waals surface area contributed by atoms with E-state index >= 15 is 0 Å². The first kappa shape index (κ1) is 27.1. The third kappa shape index (κ3) is 6.20. The van der Waals surface area contributed by atoms with Gasteiger partial charge in [0.1, 0.15) is 11.5 Å². The number of benzene rings is 2. The molecule has 2 aromatic heterocycles. The van der Waals surface area contributed by atoms with E-state index in [0.717, 1.165) is 0 Å². The van der Waals surface area contributed by atoms with Gasteiger partial charge in [-0.1, -0.05) is 0 Å². The van der Waals surface area contributed by atoms with Crippen LogP contribution in [0.15, 0.2) is 54.9 Å². The van der Waals surface area contributed by atoms with Crippen molar-refractivity contribution in [2.45, 2.75) is 12.7 Å². The molecule has 0 atom stereocenters. The molecule has 1 aliphatic rings. The maximum Gasteiger partial charge on any atom is 0.422 e. The molecule has 0 unspecified atom stereocenters. The van der Waals surface area contributed by atoms with Gasteiger partial charge in [0, 0.05) is 35.8 Å². The monoisotopic (exact) mass is 558 g/mol. The molecule has 1 amide bonds. The highest BCUT2D eigenvalue weighted by atomic mass is 19.4. The zero-order valence-electron chi connectivity index (χ0n) is 21.5. The first-order chi connectivity index (χ1) is 19.2. The smallest absolute Gasteiger partial charge is 0.422 e. The van der Waals surface area contributed by atoms with Crippen LogP contribution in [0.2, 0.25) is 0 Å². The van der Waals surface area contributed by atoms with E-state index in [1.165, 1.54) is 25.1 Å². The van der Waals surface area contributed by atoms with Crippen molar-refractivity contribution in [3.63, 3.8) is 0 Å². The van der Waals surface area contributed by atoms with Crippen LogP contribution in [0.5, 0.6) is 28.7 Å². The molecule has 3 heterocycles. The standard InChI is InChI=1S/C27H25F3N4O6/c1-36-22-9-19-20(10-23(22)37-2)31-8-7-21(19)40-18-5-3-17(4-6-18)32-26(35)25-24(39-15-27(28,29)30)12-34(33-25)11-16-13-38-14-16/h3-10,12,16H,11,13-15H2,1-2H3,(H,32,35). The van der Waals surface area contributed by atoms with Gasteiger partial charge in [0.2, 0.25) is 0 Å². The molecule has 0 aliphatic carbocycles. The number of amides is 1. The van der Waals surface area contributed by atoms with Crippen LogP contribution in [0.4, 0.5) is 18.9 Å². The summed E-state index contributed by atoms with van der Waals surface area (Å²) in [6.07, 6.45) is -1.67. The van der Waals surface area contributed by atoms with E-state index in [-0.39, 0.29) is 17.4 Å². The van der Waals surface area contributed by atoms with E-state index in [4.69, 9.17) is 23.7 Å². The van der Waals surface area contributed by atoms with Crippen molar-refractivity contribution in [1.82, 2.24) is 14.8 Å². The Hall–Kier alpha value is -4.52. The summed E-state index contributed by atoms with van der Waals surface area (Å²) in [5, 5.41) is 7.51. The molecule has 0 bridgehead atoms. The minimum Gasteiger partial charge on any atom is -0.493 e. The lowest BCUT2D eigenvalue weighted by molar-refractivity contribution is -0.153. The third-order valence-electron chi connectivity index (χ3n) is 6.03. The molecule has 1 N–H and O–H groups in total. The molecule has 1 saturated heterocycles. The maximum atomic E-state index is 12.9. The average Bonchev–Trinajstić information content (AvgIpc) is 3.33. The Bertz CT molecular complexity index is 1500. The number of fused-ring (bicyclic) bond motifs is 1. The lowest BCUT2D eigenvalue weighted by Gasteiger charge is -2.25. The number of methoxy groups -OCH3 is 2. The second-order valence-electron chi connectivity index (χ2n) is 8.99. The van der Waals surface area contributed by atoms with Crippen molar-refractivity contribution in [2.24, 2.45) is 5.92 Å². The molecular formula is C27H25F3N4O6. The van der Waals surface area contributed by atoms with Crippen LogP contribution in [-0.4, -0.2) is 60.9 Å². The van der Waals surface area contributed by atoms with Crippen LogP contribution in [0.25, 0.3) is 10.9 Å². The van der Waals surface area contributed by atoms with Gasteiger partial charge in [-0.05, 0) is 36.4 Å². The van der Waals surface area contributed by atoms with Crippen molar-refractivity contribution in [3.8, 4) is 28.7 Å². The number of anilines is 1. The molecular weight excluding hydrogens is 533 g/mol. The third-order valence-corrected chi connectivity index (χ3v) is 6.03. The van der Waals surface area contributed by atoms with Crippen LogP contribution in [-0.2, 0) is 11.3 Å². The van der Waals surface area contributed by atoms with Gasteiger partial charge in [-0.3, -0.25) is 14.5 Å². The molecule has 210 valence electrons. The zero-order valence-corrected chi connectivity index (χ0v) is 21.5. The largest absolute Gasteiger partial charge is 0.493 e. The van der Waals surface area contributed by atoms with Gasteiger partial charge in [0.25, 0.3) is 5.91 Å². The van der Waals surface area contributed by atoms with Gasteiger partial charge in [-0.25, -0.2) is 0 Å². The Morgan fingerprint density at radius 2 is 1.77 bits per heavy atom. The minimum atomic E-state index is -4.56. The molecule has 1 fully saturated rings. The number of hydrogen-bond donors (Lipinski definition) is 1. The van der Waals surface area contributed by atoms with Crippen LogP contribution in [0, 0.1) is 5.92 Å². The van der Waals surface area contributed by atoms with Crippen molar-refractivity contribution >= 4 is 22.5 Å². The molecule has 1 aliphatic heterocycles. The van der Waals surface area contributed by atoms with Gasteiger partial charge in [-0.15, -0.1) is 0 Å². The second kappa shape index (κ2) is 11.3. The second-order valence-corrected chi connectivity index (χ2v) is 8.99. The molecule has 13 heteroatoms. The number of alkyl halides is 3. The summed E-state index contributed by atoms with van der Waals surface area (Å²) in [6.45, 7) is -0.110. The van der Waals surface area contributed by atoms with E-state index in [9.17, 15) is 18.0 Å². The summed E-state index contributed by atoms with van der Waals surface area (Å²) in [5.74, 6) is 1.25. The van der Waals surface area contributed by atoms with Gasteiger partial charge in [0.05, 0.1) is 39.1 Å². The number of carbonyl (C=O) groups is 1.